The summed E-state index contributed by atoms with van der Waals surface area (Å²) in [7, 11) is 1.59. The monoisotopic (exact) mass is 250 g/mol. The van der Waals surface area contributed by atoms with Gasteiger partial charge < -0.3 is 9.47 Å². The number of hydrogen-bond acceptors (Lipinski definition) is 3. The zero-order chi connectivity index (χ0) is 13.4. The molecule has 0 saturated heterocycles. The van der Waals surface area contributed by atoms with Crippen molar-refractivity contribution in [1.82, 2.24) is 0 Å². The second-order valence-electron chi connectivity index (χ2n) is 4.24. The Kier molecular flexibility index (Phi) is 6.26. The molecule has 0 amide bonds. The Morgan fingerprint density at radius 2 is 1.94 bits per heavy atom. The summed E-state index contributed by atoms with van der Waals surface area (Å²) in [6, 6.07) is 5.39. The van der Waals surface area contributed by atoms with E-state index in [4.69, 9.17) is 9.47 Å². The summed E-state index contributed by atoms with van der Waals surface area (Å²) in [5.74, 6) is 1.49. The van der Waals surface area contributed by atoms with E-state index in [0.717, 1.165) is 19.3 Å². The van der Waals surface area contributed by atoms with Crippen LogP contribution >= 0.6 is 0 Å². The Hall–Kier alpha value is -1.51. The van der Waals surface area contributed by atoms with Crippen LogP contribution in [0.5, 0.6) is 11.5 Å². The summed E-state index contributed by atoms with van der Waals surface area (Å²) < 4.78 is 10.8. The number of unbranched alkanes of at least 4 members (excludes halogenated alkanes) is 1. The topological polar surface area (TPSA) is 35.5 Å². The van der Waals surface area contributed by atoms with Crippen LogP contribution in [0.15, 0.2) is 18.2 Å². The molecule has 1 rings (SSSR count). The first-order chi connectivity index (χ1) is 8.72. The SMILES string of the molecule is CCCCC(=O)c1ccc(OCCC)c(OC)c1. The van der Waals surface area contributed by atoms with E-state index in [1.54, 1.807) is 13.2 Å². The minimum atomic E-state index is 0.164. The largest absolute Gasteiger partial charge is 0.493 e. The van der Waals surface area contributed by atoms with Crippen molar-refractivity contribution in [1.29, 1.82) is 0 Å². The summed E-state index contributed by atoms with van der Waals surface area (Å²) in [6.45, 7) is 4.78. The predicted molar refractivity (Wildman–Crippen MR) is 72.6 cm³/mol. The highest BCUT2D eigenvalue weighted by Gasteiger charge is 2.10. The molecular formula is C15H22O3. The average Bonchev–Trinajstić information content (AvgIpc) is 2.42. The minimum Gasteiger partial charge on any atom is -0.493 e. The molecule has 0 saturated carbocycles. The fourth-order valence-corrected chi connectivity index (χ4v) is 1.65. The lowest BCUT2D eigenvalue weighted by molar-refractivity contribution is 0.0979. The van der Waals surface area contributed by atoms with Crippen LogP contribution in [-0.2, 0) is 0 Å². The molecule has 1 aromatic rings. The second-order valence-corrected chi connectivity index (χ2v) is 4.24. The van der Waals surface area contributed by atoms with Crippen LogP contribution in [0.2, 0.25) is 0 Å². The van der Waals surface area contributed by atoms with Gasteiger partial charge >= 0.3 is 0 Å². The van der Waals surface area contributed by atoms with Gasteiger partial charge in [-0.05, 0) is 31.0 Å². The molecule has 0 heterocycles. The Morgan fingerprint density at radius 3 is 2.56 bits per heavy atom. The van der Waals surface area contributed by atoms with Gasteiger partial charge in [0.15, 0.2) is 17.3 Å². The lowest BCUT2D eigenvalue weighted by Crippen LogP contribution is -2.02. The van der Waals surface area contributed by atoms with Gasteiger partial charge in [-0.1, -0.05) is 20.3 Å². The number of hydrogen-bond donors (Lipinski definition) is 0. The number of methoxy groups -OCH3 is 1. The standard InChI is InChI=1S/C15H22O3/c1-4-6-7-13(16)12-8-9-14(18-10-5-2)15(11-12)17-3/h8-9,11H,4-7,10H2,1-3H3. The molecule has 1 aromatic carbocycles. The van der Waals surface area contributed by atoms with Crippen molar-refractivity contribution in [2.75, 3.05) is 13.7 Å². The fraction of sp³-hybridized carbons (Fsp3) is 0.533. The smallest absolute Gasteiger partial charge is 0.163 e. The maximum Gasteiger partial charge on any atom is 0.163 e. The van der Waals surface area contributed by atoms with Crippen LogP contribution in [0.4, 0.5) is 0 Å². The summed E-state index contributed by atoms with van der Waals surface area (Å²) in [6.07, 6.45) is 3.49. The van der Waals surface area contributed by atoms with Gasteiger partial charge in [-0.15, -0.1) is 0 Å². The molecule has 0 aliphatic rings. The average molecular weight is 250 g/mol. The van der Waals surface area contributed by atoms with Crippen molar-refractivity contribution in [2.45, 2.75) is 39.5 Å². The highest BCUT2D eigenvalue weighted by Crippen LogP contribution is 2.28. The lowest BCUT2D eigenvalue weighted by Gasteiger charge is -2.11. The van der Waals surface area contributed by atoms with Crippen molar-refractivity contribution in [3.63, 3.8) is 0 Å². The van der Waals surface area contributed by atoms with Gasteiger partial charge in [0.05, 0.1) is 13.7 Å². The zero-order valence-electron chi connectivity index (χ0n) is 11.5. The highest BCUT2D eigenvalue weighted by molar-refractivity contribution is 5.96. The maximum absolute atomic E-state index is 11.9. The molecule has 100 valence electrons. The first kappa shape index (κ1) is 14.6. The van der Waals surface area contributed by atoms with Crippen molar-refractivity contribution in [2.24, 2.45) is 0 Å². The number of carbonyl (C=O) groups excluding carboxylic acids is 1. The molecule has 0 fully saturated rings. The Bertz CT molecular complexity index is 385. The van der Waals surface area contributed by atoms with E-state index < -0.39 is 0 Å². The molecule has 3 heteroatoms. The Labute approximate surface area is 109 Å². The van der Waals surface area contributed by atoms with Crippen LogP contribution in [0.3, 0.4) is 0 Å². The maximum atomic E-state index is 11.9. The number of rotatable bonds is 8. The Morgan fingerprint density at radius 1 is 1.17 bits per heavy atom. The van der Waals surface area contributed by atoms with Crippen molar-refractivity contribution < 1.29 is 14.3 Å². The normalized spacial score (nSPS) is 10.2. The van der Waals surface area contributed by atoms with Crippen molar-refractivity contribution in [3.05, 3.63) is 23.8 Å². The van der Waals surface area contributed by atoms with E-state index in [1.165, 1.54) is 0 Å². The van der Waals surface area contributed by atoms with Gasteiger partial charge in [-0.2, -0.15) is 0 Å². The minimum absolute atomic E-state index is 0.164. The number of Topliss-reactive ketones (excluding diaryl/α,β-unsaturated/α-hetero) is 1. The van der Waals surface area contributed by atoms with Gasteiger partial charge in [0.25, 0.3) is 0 Å². The summed E-state index contributed by atoms with van der Waals surface area (Å²) in [4.78, 5) is 11.9. The van der Waals surface area contributed by atoms with Gasteiger partial charge in [0.1, 0.15) is 0 Å². The van der Waals surface area contributed by atoms with Crippen molar-refractivity contribution in [3.8, 4) is 11.5 Å². The van der Waals surface area contributed by atoms with E-state index in [0.29, 0.717) is 30.1 Å². The van der Waals surface area contributed by atoms with E-state index in [9.17, 15) is 4.79 Å². The lowest BCUT2D eigenvalue weighted by atomic mass is 10.1. The second kappa shape index (κ2) is 7.75. The van der Waals surface area contributed by atoms with E-state index in [2.05, 4.69) is 13.8 Å². The molecule has 18 heavy (non-hydrogen) atoms. The van der Waals surface area contributed by atoms with Gasteiger partial charge in [-0.3, -0.25) is 4.79 Å². The Balaban J connectivity index is 2.80. The van der Waals surface area contributed by atoms with Gasteiger partial charge in [0.2, 0.25) is 0 Å². The quantitative estimate of drug-likeness (QED) is 0.657. The molecule has 0 aliphatic carbocycles. The number of benzene rings is 1. The van der Waals surface area contributed by atoms with Crippen LogP contribution in [0.1, 0.15) is 49.9 Å². The van der Waals surface area contributed by atoms with Crippen LogP contribution in [-0.4, -0.2) is 19.5 Å². The predicted octanol–water partition coefficient (Wildman–Crippen LogP) is 3.86. The first-order valence-corrected chi connectivity index (χ1v) is 6.57. The molecule has 0 aromatic heterocycles. The molecule has 0 radical (unpaired) electrons. The summed E-state index contributed by atoms with van der Waals surface area (Å²) >= 11 is 0. The van der Waals surface area contributed by atoms with Crippen LogP contribution < -0.4 is 9.47 Å². The third kappa shape index (κ3) is 4.06. The fourth-order valence-electron chi connectivity index (χ4n) is 1.65. The third-order valence-corrected chi connectivity index (χ3v) is 2.70. The molecule has 0 atom stereocenters. The zero-order valence-corrected chi connectivity index (χ0v) is 11.5. The molecular weight excluding hydrogens is 228 g/mol. The summed E-state index contributed by atoms with van der Waals surface area (Å²) in [5.41, 5.74) is 0.698. The third-order valence-electron chi connectivity index (χ3n) is 2.70. The van der Waals surface area contributed by atoms with Gasteiger partial charge in [-0.25, -0.2) is 0 Å². The molecule has 0 unspecified atom stereocenters. The van der Waals surface area contributed by atoms with E-state index in [1.807, 2.05) is 12.1 Å². The van der Waals surface area contributed by atoms with E-state index >= 15 is 0 Å². The van der Waals surface area contributed by atoms with Crippen molar-refractivity contribution >= 4 is 5.78 Å². The van der Waals surface area contributed by atoms with Gasteiger partial charge in [0, 0.05) is 12.0 Å². The van der Waals surface area contributed by atoms with Crippen LogP contribution in [0.25, 0.3) is 0 Å². The molecule has 0 N–H and O–H groups in total. The molecule has 0 spiro atoms. The molecule has 0 bridgehead atoms. The highest BCUT2D eigenvalue weighted by atomic mass is 16.5. The summed E-state index contributed by atoms with van der Waals surface area (Å²) in [5, 5.41) is 0. The molecule has 0 aliphatic heterocycles. The van der Waals surface area contributed by atoms with E-state index in [-0.39, 0.29) is 5.78 Å². The number of ether oxygens (including phenoxy) is 2. The number of ketones is 1. The number of carbonyl (C=O) groups is 1. The van der Waals surface area contributed by atoms with Crippen LogP contribution in [0, 0.1) is 0 Å². The molecule has 3 nitrogen and oxygen atoms in total. The first-order valence-electron chi connectivity index (χ1n) is 6.57.